The van der Waals surface area contributed by atoms with E-state index in [0.717, 1.165) is 0 Å². The Kier molecular flexibility index (Phi) is 4.01. The molecule has 0 aliphatic carbocycles. The Morgan fingerprint density at radius 3 is 2.81 bits per heavy atom. The van der Waals surface area contributed by atoms with Crippen molar-refractivity contribution in [2.75, 3.05) is 6.61 Å². The molecule has 0 fully saturated rings. The third kappa shape index (κ3) is 3.03. The van der Waals surface area contributed by atoms with E-state index in [1.807, 2.05) is 6.07 Å². The molecule has 0 amide bonds. The summed E-state index contributed by atoms with van der Waals surface area (Å²) in [6, 6.07) is 7.00. The monoisotopic (exact) mass is 240 g/mol. The first-order valence-electron chi connectivity index (χ1n) is 4.63. The van der Waals surface area contributed by atoms with Gasteiger partial charge in [-0.1, -0.05) is 6.07 Å². The first-order chi connectivity index (χ1) is 7.49. The topological polar surface area (TPSA) is 90.2 Å². The first-order valence-corrected chi connectivity index (χ1v) is 6.11. The van der Waals surface area contributed by atoms with E-state index in [2.05, 4.69) is 4.72 Å². The van der Waals surface area contributed by atoms with Crippen molar-refractivity contribution < 1.29 is 13.5 Å². The zero-order chi connectivity index (χ0) is 12.2. The van der Waals surface area contributed by atoms with E-state index in [-0.39, 0.29) is 17.1 Å². The molecule has 1 atom stereocenters. The summed E-state index contributed by atoms with van der Waals surface area (Å²) < 4.78 is 25.8. The number of sulfonamides is 1. The Hall–Kier alpha value is -1.42. The van der Waals surface area contributed by atoms with E-state index >= 15 is 0 Å². The molecule has 0 aliphatic rings. The van der Waals surface area contributed by atoms with Gasteiger partial charge in [-0.15, -0.1) is 0 Å². The predicted molar refractivity (Wildman–Crippen MR) is 58.0 cm³/mol. The second-order valence-electron chi connectivity index (χ2n) is 3.34. The molecule has 16 heavy (non-hydrogen) atoms. The van der Waals surface area contributed by atoms with Crippen molar-refractivity contribution in [3.63, 3.8) is 0 Å². The van der Waals surface area contributed by atoms with E-state index in [1.54, 1.807) is 6.92 Å². The van der Waals surface area contributed by atoms with Gasteiger partial charge in [-0.05, 0) is 25.1 Å². The second-order valence-corrected chi connectivity index (χ2v) is 5.06. The Labute approximate surface area is 94.4 Å². The number of nitriles is 1. The van der Waals surface area contributed by atoms with Crippen molar-refractivity contribution in [3.05, 3.63) is 29.8 Å². The predicted octanol–water partition coefficient (Wildman–Crippen LogP) is 0.217. The van der Waals surface area contributed by atoms with Gasteiger partial charge in [0.25, 0.3) is 0 Å². The van der Waals surface area contributed by atoms with Crippen LogP contribution in [0.25, 0.3) is 0 Å². The Morgan fingerprint density at radius 1 is 1.56 bits per heavy atom. The number of hydrogen-bond donors (Lipinski definition) is 2. The minimum absolute atomic E-state index is 0.0202. The van der Waals surface area contributed by atoms with Crippen LogP contribution in [-0.2, 0) is 10.0 Å². The fraction of sp³-hybridized carbons (Fsp3) is 0.300. The summed E-state index contributed by atoms with van der Waals surface area (Å²) in [6.45, 7) is 1.27. The number of aliphatic hydroxyl groups is 1. The van der Waals surface area contributed by atoms with Gasteiger partial charge >= 0.3 is 0 Å². The van der Waals surface area contributed by atoms with Crippen molar-refractivity contribution in [1.82, 2.24) is 4.72 Å². The molecule has 2 N–H and O–H groups in total. The van der Waals surface area contributed by atoms with Crippen molar-refractivity contribution in [3.8, 4) is 6.07 Å². The molecule has 0 bridgehead atoms. The van der Waals surface area contributed by atoms with Crippen molar-refractivity contribution in [2.24, 2.45) is 0 Å². The highest BCUT2D eigenvalue weighted by Crippen LogP contribution is 2.11. The van der Waals surface area contributed by atoms with Crippen LogP contribution in [0.4, 0.5) is 0 Å². The van der Waals surface area contributed by atoms with Gasteiger partial charge in [-0.25, -0.2) is 13.1 Å². The SMILES string of the molecule is CC(CO)NS(=O)(=O)c1cccc(C#N)c1. The summed E-state index contributed by atoms with van der Waals surface area (Å²) in [7, 11) is -3.67. The molecule has 0 spiro atoms. The lowest BCUT2D eigenvalue weighted by atomic mass is 10.2. The average molecular weight is 240 g/mol. The number of rotatable bonds is 4. The molecule has 0 aliphatic heterocycles. The number of nitrogens with one attached hydrogen (secondary N) is 1. The maximum atomic E-state index is 11.7. The highest BCUT2D eigenvalue weighted by Gasteiger charge is 2.16. The Morgan fingerprint density at radius 2 is 2.25 bits per heavy atom. The summed E-state index contributed by atoms with van der Waals surface area (Å²) in [6.07, 6.45) is 0. The van der Waals surface area contributed by atoms with Crippen molar-refractivity contribution in [1.29, 1.82) is 5.26 Å². The molecule has 1 aromatic carbocycles. The molecule has 0 heterocycles. The van der Waals surface area contributed by atoms with Crippen LogP contribution in [-0.4, -0.2) is 26.2 Å². The van der Waals surface area contributed by atoms with Gasteiger partial charge in [-0.3, -0.25) is 0 Å². The van der Waals surface area contributed by atoms with Gasteiger partial charge in [0.2, 0.25) is 10.0 Å². The largest absolute Gasteiger partial charge is 0.395 e. The van der Waals surface area contributed by atoms with Gasteiger partial charge < -0.3 is 5.11 Å². The van der Waals surface area contributed by atoms with Gasteiger partial charge in [0.05, 0.1) is 23.1 Å². The van der Waals surface area contributed by atoms with Crippen LogP contribution in [0, 0.1) is 11.3 Å². The molecule has 0 aromatic heterocycles. The van der Waals surface area contributed by atoms with Crippen LogP contribution < -0.4 is 4.72 Å². The zero-order valence-electron chi connectivity index (χ0n) is 8.71. The molecule has 0 saturated carbocycles. The summed E-state index contributed by atoms with van der Waals surface area (Å²) in [5, 5.41) is 17.4. The molecule has 5 nitrogen and oxygen atoms in total. The lowest BCUT2D eigenvalue weighted by Gasteiger charge is -2.11. The zero-order valence-corrected chi connectivity index (χ0v) is 9.53. The number of hydrogen-bond acceptors (Lipinski definition) is 4. The molecule has 86 valence electrons. The fourth-order valence-corrected chi connectivity index (χ4v) is 2.38. The van der Waals surface area contributed by atoms with E-state index in [1.165, 1.54) is 24.3 Å². The lowest BCUT2D eigenvalue weighted by molar-refractivity contribution is 0.265. The van der Waals surface area contributed by atoms with Crippen molar-refractivity contribution >= 4 is 10.0 Å². The minimum atomic E-state index is -3.67. The molecular weight excluding hydrogens is 228 g/mol. The fourth-order valence-electron chi connectivity index (χ4n) is 1.10. The minimum Gasteiger partial charge on any atom is -0.395 e. The van der Waals surface area contributed by atoms with Gasteiger partial charge in [-0.2, -0.15) is 5.26 Å². The van der Waals surface area contributed by atoms with Crippen LogP contribution in [0.5, 0.6) is 0 Å². The van der Waals surface area contributed by atoms with Crippen LogP contribution in [0.3, 0.4) is 0 Å². The third-order valence-electron chi connectivity index (χ3n) is 1.90. The highest BCUT2D eigenvalue weighted by atomic mass is 32.2. The summed E-state index contributed by atoms with van der Waals surface area (Å²) in [5.74, 6) is 0. The normalized spacial score (nSPS) is 13.1. The summed E-state index contributed by atoms with van der Waals surface area (Å²) in [4.78, 5) is 0.0202. The molecule has 6 heteroatoms. The smallest absolute Gasteiger partial charge is 0.240 e. The van der Waals surface area contributed by atoms with Crippen LogP contribution in [0.1, 0.15) is 12.5 Å². The van der Waals surface area contributed by atoms with E-state index < -0.39 is 16.1 Å². The standard InChI is InChI=1S/C10H12N2O3S/c1-8(7-13)12-16(14,15)10-4-2-3-9(5-10)6-11/h2-5,8,12-13H,7H2,1H3. The summed E-state index contributed by atoms with van der Waals surface area (Å²) in [5.41, 5.74) is 0.277. The van der Waals surface area contributed by atoms with E-state index in [4.69, 9.17) is 10.4 Å². The Bertz CT molecular complexity index is 505. The number of aliphatic hydroxyl groups excluding tert-OH is 1. The first kappa shape index (κ1) is 12.6. The molecular formula is C10H12N2O3S. The molecule has 0 radical (unpaired) electrons. The van der Waals surface area contributed by atoms with E-state index in [0.29, 0.717) is 0 Å². The number of nitrogens with zero attached hydrogens (tertiary/aromatic N) is 1. The number of benzene rings is 1. The van der Waals surface area contributed by atoms with E-state index in [9.17, 15) is 8.42 Å². The maximum absolute atomic E-state index is 11.7. The van der Waals surface area contributed by atoms with Gasteiger partial charge in [0.1, 0.15) is 0 Å². The molecule has 1 unspecified atom stereocenters. The average Bonchev–Trinajstić information content (AvgIpc) is 2.28. The van der Waals surface area contributed by atoms with Crippen molar-refractivity contribution in [2.45, 2.75) is 17.9 Å². The quantitative estimate of drug-likeness (QED) is 0.787. The lowest BCUT2D eigenvalue weighted by Crippen LogP contribution is -2.35. The molecule has 1 rings (SSSR count). The molecule has 1 aromatic rings. The van der Waals surface area contributed by atoms with Crippen LogP contribution in [0.2, 0.25) is 0 Å². The highest BCUT2D eigenvalue weighted by molar-refractivity contribution is 7.89. The second kappa shape index (κ2) is 5.07. The van der Waals surface area contributed by atoms with Gasteiger partial charge in [0.15, 0.2) is 0 Å². The maximum Gasteiger partial charge on any atom is 0.240 e. The molecule has 0 saturated heterocycles. The third-order valence-corrected chi connectivity index (χ3v) is 3.49. The van der Waals surface area contributed by atoms with Gasteiger partial charge in [0, 0.05) is 6.04 Å². The Balaban J connectivity index is 3.04. The van der Waals surface area contributed by atoms with Crippen LogP contribution in [0.15, 0.2) is 29.2 Å². The van der Waals surface area contributed by atoms with Crippen LogP contribution >= 0.6 is 0 Å². The summed E-state index contributed by atoms with van der Waals surface area (Å²) >= 11 is 0.